The molecule has 1 fully saturated rings. The molecular formula is C16H26N2O3S. The second-order valence-electron chi connectivity index (χ2n) is 6.02. The number of aryl methyl sites for hydroxylation is 1. The maximum Gasteiger partial charge on any atom is 0.211 e. The Morgan fingerprint density at radius 2 is 1.95 bits per heavy atom. The molecule has 0 radical (unpaired) electrons. The maximum absolute atomic E-state index is 11.6. The second-order valence-corrected chi connectivity index (χ2v) is 7.95. The predicted molar refractivity (Wildman–Crippen MR) is 88.7 cm³/mol. The summed E-state index contributed by atoms with van der Waals surface area (Å²) in [5.41, 5.74) is 1.22. The van der Waals surface area contributed by atoms with E-state index in [0.29, 0.717) is 13.0 Å². The molecule has 1 atom stereocenters. The molecule has 1 aliphatic rings. The molecule has 0 aliphatic carbocycles. The normalized spacial score (nSPS) is 18.0. The fourth-order valence-electron chi connectivity index (χ4n) is 2.43. The first-order chi connectivity index (χ1) is 10.4. The zero-order valence-corrected chi connectivity index (χ0v) is 14.4. The summed E-state index contributed by atoms with van der Waals surface area (Å²) in [6, 6.07) is 8.23. The average Bonchev–Trinajstić information content (AvgIpc) is 2.42. The number of rotatable bonds is 8. The van der Waals surface area contributed by atoms with Crippen LogP contribution in [0.4, 0.5) is 0 Å². The molecule has 0 bridgehead atoms. The van der Waals surface area contributed by atoms with Gasteiger partial charge < -0.3 is 4.74 Å². The van der Waals surface area contributed by atoms with Gasteiger partial charge in [-0.15, -0.1) is 0 Å². The number of nitrogens with zero attached hydrogens (tertiary/aromatic N) is 1. The molecule has 0 spiro atoms. The summed E-state index contributed by atoms with van der Waals surface area (Å²) in [5, 5.41) is 0. The van der Waals surface area contributed by atoms with Gasteiger partial charge in [0.1, 0.15) is 11.9 Å². The van der Waals surface area contributed by atoms with Crippen LogP contribution in [0.25, 0.3) is 0 Å². The molecule has 1 aromatic carbocycles. The van der Waals surface area contributed by atoms with Crippen molar-refractivity contribution in [3.63, 3.8) is 0 Å². The number of benzene rings is 1. The van der Waals surface area contributed by atoms with Gasteiger partial charge in [0, 0.05) is 25.7 Å². The molecule has 1 aromatic rings. The first kappa shape index (κ1) is 17.2. The smallest absolute Gasteiger partial charge is 0.211 e. The maximum atomic E-state index is 11.6. The van der Waals surface area contributed by atoms with Crippen molar-refractivity contribution >= 4 is 10.0 Å². The standard InChI is InChI=1S/C16H26N2O3S/c1-4-9-22(19,20)17-10-14(3)18-11-16(12-18)21-15-7-5-13(2)6-8-15/h5-8,14,16-17H,4,9-12H2,1-3H3/t14-/m1/s1. The monoisotopic (exact) mass is 326 g/mol. The largest absolute Gasteiger partial charge is 0.488 e. The Bertz CT molecular complexity index is 566. The van der Waals surface area contributed by atoms with Crippen LogP contribution >= 0.6 is 0 Å². The Morgan fingerprint density at radius 3 is 2.55 bits per heavy atom. The minimum absolute atomic E-state index is 0.185. The van der Waals surface area contributed by atoms with Crippen molar-refractivity contribution in [3.8, 4) is 5.75 Å². The molecule has 124 valence electrons. The van der Waals surface area contributed by atoms with Crippen LogP contribution in [0.3, 0.4) is 0 Å². The van der Waals surface area contributed by atoms with Gasteiger partial charge in [0.05, 0.1) is 5.75 Å². The van der Waals surface area contributed by atoms with Crippen molar-refractivity contribution in [1.29, 1.82) is 0 Å². The third-order valence-corrected chi connectivity index (χ3v) is 5.45. The lowest BCUT2D eigenvalue weighted by Crippen LogP contribution is -2.59. The molecule has 0 unspecified atom stereocenters. The van der Waals surface area contributed by atoms with Crippen molar-refractivity contribution in [2.45, 2.75) is 39.3 Å². The van der Waals surface area contributed by atoms with E-state index in [-0.39, 0.29) is 17.9 Å². The molecule has 1 saturated heterocycles. The summed E-state index contributed by atoms with van der Waals surface area (Å²) < 4.78 is 31.8. The first-order valence-corrected chi connectivity index (χ1v) is 9.49. The number of likely N-dealkylation sites (tertiary alicyclic amines) is 1. The summed E-state index contributed by atoms with van der Waals surface area (Å²) in [6.45, 7) is 8.09. The van der Waals surface area contributed by atoms with Crippen LogP contribution in [-0.4, -0.2) is 50.9 Å². The minimum atomic E-state index is -3.12. The van der Waals surface area contributed by atoms with Gasteiger partial charge in [-0.25, -0.2) is 13.1 Å². The highest BCUT2D eigenvalue weighted by atomic mass is 32.2. The van der Waals surface area contributed by atoms with E-state index < -0.39 is 10.0 Å². The Hall–Kier alpha value is -1.11. The van der Waals surface area contributed by atoms with E-state index in [1.165, 1.54) is 5.56 Å². The third kappa shape index (κ3) is 4.97. The molecule has 6 heteroatoms. The van der Waals surface area contributed by atoms with E-state index in [1.807, 2.05) is 38.1 Å². The highest BCUT2D eigenvalue weighted by Crippen LogP contribution is 2.20. The van der Waals surface area contributed by atoms with Crippen LogP contribution in [0, 0.1) is 6.92 Å². The van der Waals surface area contributed by atoms with Crippen molar-refractivity contribution in [2.24, 2.45) is 0 Å². The Morgan fingerprint density at radius 1 is 1.32 bits per heavy atom. The van der Waals surface area contributed by atoms with Gasteiger partial charge in [-0.3, -0.25) is 4.90 Å². The summed E-state index contributed by atoms with van der Waals surface area (Å²) in [5.74, 6) is 1.09. The fourth-order valence-corrected chi connectivity index (χ4v) is 3.61. The van der Waals surface area contributed by atoms with Gasteiger partial charge in [0.2, 0.25) is 10.0 Å². The van der Waals surface area contributed by atoms with Crippen molar-refractivity contribution < 1.29 is 13.2 Å². The molecule has 0 saturated carbocycles. The fraction of sp³-hybridized carbons (Fsp3) is 0.625. The van der Waals surface area contributed by atoms with Gasteiger partial charge in [-0.05, 0) is 32.4 Å². The lowest BCUT2D eigenvalue weighted by Gasteiger charge is -2.42. The average molecular weight is 326 g/mol. The van der Waals surface area contributed by atoms with E-state index in [0.717, 1.165) is 18.8 Å². The lowest BCUT2D eigenvalue weighted by atomic mass is 10.1. The van der Waals surface area contributed by atoms with Crippen molar-refractivity contribution in [2.75, 3.05) is 25.4 Å². The van der Waals surface area contributed by atoms with Crippen LogP contribution in [0.5, 0.6) is 5.75 Å². The zero-order valence-electron chi connectivity index (χ0n) is 13.6. The number of sulfonamides is 1. The van der Waals surface area contributed by atoms with E-state index in [9.17, 15) is 8.42 Å². The topological polar surface area (TPSA) is 58.6 Å². The van der Waals surface area contributed by atoms with Crippen LogP contribution < -0.4 is 9.46 Å². The van der Waals surface area contributed by atoms with E-state index in [4.69, 9.17) is 4.74 Å². The Labute approximate surface area is 133 Å². The van der Waals surface area contributed by atoms with Crippen LogP contribution in [0.15, 0.2) is 24.3 Å². The van der Waals surface area contributed by atoms with E-state index in [1.54, 1.807) is 0 Å². The Kier molecular flexibility index (Phi) is 5.83. The quantitative estimate of drug-likeness (QED) is 0.791. The molecule has 0 amide bonds. The molecule has 22 heavy (non-hydrogen) atoms. The van der Waals surface area contributed by atoms with E-state index >= 15 is 0 Å². The third-order valence-electron chi connectivity index (χ3n) is 3.89. The van der Waals surface area contributed by atoms with Crippen LogP contribution in [0.2, 0.25) is 0 Å². The number of nitrogens with one attached hydrogen (secondary N) is 1. The highest BCUT2D eigenvalue weighted by Gasteiger charge is 2.32. The van der Waals surface area contributed by atoms with Crippen molar-refractivity contribution in [1.82, 2.24) is 9.62 Å². The lowest BCUT2D eigenvalue weighted by molar-refractivity contribution is -0.00298. The highest BCUT2D eigenvalue weighted by molar-refractivity contribution is 7.89. The predicted octanol–water partition coefficient (Wildman–Crippen LogP) is 1.78. The molecule has 2 rings (SSSR count). The number of hydrogen-bond donors (Lipinski definition) is 1. The van der Waals surface area contributed by atoms with Gasteiger partial charge in [-0.1, -0.05) is 24.6 Å². The molecule has 5 nitrogen and oxygen atoms in total. The number of hydrogen-bond acceptors (Lipinski definition) is 4. The van der Waals surface area contributed by atoms with Gasteiger partial charge in [-0.2, -0.15) is 0 Å². The van der Waals surface area contributed by atoms with Gasteiger partial charge in [0.15, 0.2) is 0 Å². The molecule has 1 heterocycles. The Balaban J connectivity index is 1.70. The summed E-state index contributed by atoms with van der Waals surface area (Å²) in [6.07, 6.45) is 0.831. The molecular weight excluding hydrogens is 300 g/mol. The number of ether oxygens (including phenoxy) is 1. The summed E-state index contributed by atoms with van der Waals surface area (Å²) >= 11 is 0. The van der Waals surface area contributed by atoms with Crippen molar-refractivity contribution in [3.05, 3.63) is 29.8 Å². The minimum Gasteiger partial charge on any atom is -0.488 e. The van der Waals surface area contributed by atoms with Gasteiger partial charge in [0.25, 0.3) is 0 Å². The van der Waals surface area contributed by atoms with Crippen LogP contribution in [0.1, 0.15) is 25.8 Å². The molecule has 0 aromatic heterocycles. The molecule has 1 N–H and O–H groups in total. The summed E-state index contributed by atoms with van der Waals surface area (Å²) in [7, 11) is -3.12. The molecule has 1 aliphatic heterocycles. The zero-order chi connectivity index (χ0) is 16.2. The SMILES string of the molecule is CCCS(=O)(=O)NC[C@@H](C)N1CC(Oc2ccc(C)cc2)C1. The van der Waals surface area contributed by atoms with Crippen LogP contribution in [-0.2, 0) is 10.0 Å². The summed E-state index contributed by atoms with van der Waals surface area (Å²) in [4.78, 5) is 2.23. The second kappa shape index (κ2) is 7.44. The first-order valence-electron chi connectivity index (χ1n) is 7.84. The van der Waals surface area contributed by atoms with Gasteiger partial charge >= 0.3 is 0 Å². The van der Waals surface area contributed by atoms with E-state index in [2.05, 4.69) is 16.5 Å².